The highest BCUT2D eigenvalue weighted by molar-refractivity contribution is 5.95. The first kappa shape index (κ1) is 18.7. The van der Waals surface area contributed by atoms with Crippen LogP contribution in [0.5, 0.6) is 5.75 Å². The van der Waals surface area contributed by atoms with Crippen molar-refractivity contribution in [2.75, 3.05) is 13.1 Å². The standard InChI is InChI=1S/C21H20N4O4/c26-20(27)9-15-11-25(12-15)21(28)16-3-1-2-14(8-16)13-29-17-4-5-18(22-10-17)19-6-7-23-24-19/h1-8,10,15H,9,11-13H2,(H,23,24)(H,26,27). The number of ether oxygens (including phenoxy) is 1. The first-order chi connectivity index (χ1) is 14.1. The zero-order valence-electron chi connectivity index (χ0n) is 15.6. The first-order valence-corrected chi connectivity index (χ1v) is 9.27. The predicted octanol–water partition coefficient (Wildman–Crippen LogP) is 2.60. The van der Waals surface area contributed by atoms with Gasteiger partial charge in [-0.1, -0.05) is 12.1 Å². The number of carbonyl (C=O) groups excluding carboxylic acids is 1. The molecule has 8 nitrogen and oxygen atoms in total. The Morgan fingerprint density at radius 1 is 1.21 bits per heavy atom. The van der Waals surface area contributed by atoms with Crippen molar-refractivity contribution in [2.45, 2.75) is 13.0 Å². The molecule has 1 saturated heterocycles. The Kier molecular flexibility index (Phi) is 5.24. The Hall–Kier alpha value is -3.68. The van der Waals surface area contributed by atoms with E-state index in [2.05, 4.69) is 15.2 Å². The molecule has 3 heterocycles. The molecule has 2 aromatic heterocycles. The minimum atomic E-state index is -0.826. The number of nitrogens with one attached hydrogen (secondary N) is 1. The third kappa shape index (κ3) is 4.43. The maximum absolute atomic E-state index is 12.6. The Balaban J connectivity index is 1.33. The molecule has 148 valence electrons. The summed E-state index contributed by atoms with van der Waals surface area (Å²) >= 11 is 0. The molecule has 3 aromatic rings. The lowest BCUT2D eigenvalue weighted by Crippen LogP contribution is -2.50. The fourth-order valence-electron chi connectivity index (χ4n) is 3.28. The summed E-state index contributed by atoms with van der Waals surface area (Å²) in [6.07, 6.45) is 3.42. The number of rotatable bonds is 7. The third-order valence-electron chi connectivity index (χ3n) is 4.80. The van der Waals surface area contributed by atoms with Crippen molar-refractivity contribution in [1.82, 2.24) is 20.1 Å². The van der Waals surface area contributed by atoms with E-state index in [0.717, 1.165) is 17.0 Å². The summed E-state index contributed by atoms with van der Waals surface area (Å²) < 4.78 is 5.78. The Labute approximate surface area is 167 Å². The molecule has 1 aromatic carbocycles. The van der Waals surface area contributed by atoms with Crippen molar-refractivity contribution in [3.63, 3.8) is 0 Å². The van der Waals surface area contributed by atoms with Crippen molar-refractivity contribution in [2.24, 2.45) is 5.92 Å². The van der Waals surface area contributed by atoms with E-state index in [1.54, 1.807) is 29.4 Å². The number of aliphatic carboxylic acids is 1. The van der Waals surface area contributed by atoms with E-state index in [1.807, 2.05) is 30.3 Å². The van der Waals surface area contributed by atoms with Gasteiger partial charge in [-0.25, -0.2) is 0 Å². The molecule has 0 radical (unpaired) electrons. The zero-order chi connectivity index (χ0) is 20.2. The summed E-state index contributed by atoms with van der Waals surface area (Å²) in [6, 6.07) is 12.8. The van der Waals surface area contributed by atoms with Crippen molar-refractivity contribution < 1.29 is 19.4 Å². The maximum atomic E-state index is 12.6. The van der Waals surface area contributed by atoms with Crippen LogP contribution >= 0.6 is 0 Å². The van der Waals surface area contributed by atoms with Gasteiger partial charge in [-0.2, -0.15) is 5.10 Å². The van der Waals surface area contributed by atoms with Crippen LogP contribution in [0.4, 0.5) is 0 Å². The van der Waals surface area contributed by atoms with Crippen molar-refractivity contribution in [3.8, 4) is 17.1 Å². The van der Waals surface area contributed by atoms with E-state index in [4.69, 9.17) is 9.84 Å². The number of carboxylic acid groups (broad SMARTS) is 1. The molecule has 8 heteroatoms. The van der Waals surface area contributed by atoms with Crippen LogP contribution in [-0.4, -0.2) is 50.2 Å². The van der Waals surface area contributed by atoms with E-state index in [9.17, 15) is 9.59 Å². The summed E-state index contributed by atoms with van der Waals surface area (Å²) in [7, 11) is 0. The van der Waals surface area contributed by atoms with Crippen LogP contribution < -0.4 is 4.74 Å². The van der Waals surface area contributed by atoms with E-state index in [1.165, 1.54) is 0 Å². The molecule has 1 fully saturated rings. The van der Waals surface area contributed by atoms with Gasteiger partial charge in [-0.15, -0.1) is 0 Å². The van der Waals surface area contributed by atoms with E-state index < -0.39 is 5.97 Å². The molecular weight excluding hydrogens is 372 g/mol. The summed E-state index contributed by atoms with van der Waals surface area (Å²) in [5.74, 6) is -0.239. The number of amides is 1. The second-order valence-corrected chi connectivity index (χ2v) is 7.01. The first-order valence-electron chi connectivity index (χ1n) is 9.27. The second-order valence-electron chi connectivity index (χ2n) is 7.01. The van der Waals surface area contributed by atoms with Crippen molar-refractivity contribution in [3.05, 3.63) is 66.0 Å². The highest BCUT2D eigenvalue weighted by Crippen LogP contribution is 2.22. The number of hydrogen-bond acceptors (Lipinski definition) is 5. The topological polar surface area (TPSA) is 108 Å². The lowest BCUT2D eigenvalue weighted by Gasteiger charge is -2.38. The van der Waals surface area contributed by atoms with Crippen LogP contribution in [0.2, 0.25) is 0 Å². The van der Waals surface area contributed by atoms with Gasteiger partial charge in [0.2, 0.25) is 0 Å². The van der Waals surface area contributed by atoms with Gasteiger partial charge in [0.15, 0.2) is 0 Å². The third-order valence-corrected chi connectivity index (χ3v) is 4.80. The van der Waals surface area contributed by atoms with Crippen molar-refractivity contribution >= 4 is 11.9 Å². The Morgan fingerprint density at radius 3 is 2.76 bits per heavy atom. The molecule has 0 saturated carbocycles. The van der Waals surface area contributed by atoms with Crippen LogP contribution in [0.1, 0.15) is 22.3 Å². The van der Waals surface area contributed by atoms with Crippen LogP contribution in [0.15, 0.2) is 54.9 Å². The smallest absolute Gasteiger partial charge is 0.303 e. The molecule has 4 rings (SSSR count). The molecule has 0 bridgehead atoms. The lowest BCUT2D eigenvalue weighted by atomic mass is 9.95. The molecule has 0 spiro atoms. The maximum Gasteiger partial charge on any atom is 0.303 e. The fourth-order valence-corrected chi connectivity index (χ4v) is 3.28. The van der Waals surface area contributed by atoms with Crippen molar-refractivity contribution in [1.29, 1.82) is 0 Å². The number of hydrogen-bond donors (Lipinski definition) is 2. The molecule has 0 unspecified atom stereocenters. The number of carbonyl (C=O) groups is 2. The van der Waals surface area contributed by atoms with Gasteiger partial charge in [0.25, 0.3) is 5.91 Å². The molecule has 1 aliphatic rings. The molecular formula is C21H20N4O4. The summed E-state index contributed by atoms with van der Waals surface area (Å²) in [4.78, 5) is 29.3. The predicted molar refractivity (Wildman–Crippen MR) is 104 cm³/mol. The highest BCUT2D eigenvalue weighted by atomic mass is 16.5. The number of benzene rings is 1. The average molecular weight is 392 g/mol. The number of likely N-dealkylation sites (tertiary alicyclic amines) is 1. The Morgan fingerprint density at radius 2 is 2.07 bits per heavy atom. The average Bonchev–Trinajstić information content (AvgIpc) is 3.24. The number of pyridine rings is 1. The minimum absolute atomic E-state index is 0.0418. The number of carboxylic acids is 1. The zero-order valence-corrected chi connectivity index (χ0v) is 15.6. The van der Waals surface area contributed by atoms with Gasteiger partial charge in [0, 0.05) is 30.8 Å². The van der Waals surface area contributed by atoms with Crippen LogP contribution in [-0.2, 0) is 11.4 Å². The van der Waals surface area contributed by atoms with Crippen LogP contribution in [0, 0.1) is 5.92 Å². The minimum Gasteiger partial charge on any atom is -0.487 e. The summed E-state index contributed by atoms with van der Waals surface area (Å²) in [5, 5.41) is 15.6. The van der Waals surface area contributed by atoms with Gasteiger partial charge >= 0.3 is 5.97 Å². The second kappa shape index (κ2) is 8.14. The Bertz CT molecular complexity index is 996. The highest BCUT2D eigenvalue weighted by Gasteiger charge is 2.32. The van der Waals surface area contributed by atoms with E-state index in [0.29, 0.717) is 31.0 Å². The van der Waals surface area contributed by atoms with Crippen LogP contribution in [0.25, 0.3) is 11.4 Å². The lowest BCUT2D eigenvalue weighted by molar-refractivity contribution is -0.139. The van der Waals surface area contributed by atoms with Gasteiger partial charge in [0.05, 0.1) is 24.0 Å². The normalized spacial score (nSPS) is 13.7. The number of H-pyrrole nitrogens is 1. The van der Waals surface area contributed by atoms with Crippen LogP contribution in [0.3, 0.4) is 0 Å². The molecule has 0 aliphatic carbocycles. The molecule has 1 amide bonds. The quantitative estimate of drug-likeness (QED) is 0.640. The van der Waals surface area contributed by atoms with E-state index in [-0.39, 0.29) is 18.2 Å². The van der Waals surface area contributed by atoms with Gasteiger partial charge in [-0.3, -0.25) is 19.7 Å². The number of aromatic amines is 1. The fraction of sp³-hybridized carbons (Fsp3) is 0.238. The summed E-state index contributed by atoms with van der Waals surface area (Å²) in [6.45, 7) is 1.29. The number of aromatic nitrogens is 3. The largest absolute Gasteiger partial charge is 0.487 e. The molecule has 1 aliphatic heterocycles. The monoisotopic (exact) mass is 392 g/mol. The number of nitrogens with zero attached hydrogens (tertiary/aromatic N) is 3. The SMILES string of the molecule is O=C(O)CC1CN(C(=O)c2cccc(COc3ccc(-c4ccn[nH]4)nc3)c2)C1. The van der Waals surface area contributed by atoms with E-state index >= 15 is 0 Å². The summed E-state index contributed by atoms with van der Waals surface area (Å²) in [5.41, 5.74) is 3.06. The molecule has 0 atom stereocenters. The molecule has 2 N–H and O–H groups in total. The van der Waals surface area contributed by atoms with Gasteiger partial charge in [-0.05, 0) is 35.9 Å². The van der Waals surface area contributed by atoms with Gasteiger partial charge in [0.1, 0.15) is 12.4 Å². The van der Waals surface area contributed by atoms with Gasteiger partial charge < -0.3 is 14.7 Å². The molecule has 29 heavy (non-hydrogen) atoms.